The Kier molecular flexibility index (Phi) is 5.47. The molecular formula is C13H14ClNO3. The maximum absolute atomic E-state index is 11.4. The van der Waals surface area contributed by atoms with Gasteiger partial charge in [-0.05, 0) is 24.6 Å². The molecule has 18 heavy (non-hydrogen) atoms. The number of esters is 1. The molecule has 1 aromatic rings. The number of carbonyl (C=O) groups is 1. The van der Waals surface area contributed by atoms with Crippen LogP contribution < -0.4 is 4.74 Å². The molecule has 0 aliphatic carbocycles. The van der Waals surface area contributed by atoms with Crippen molar-refractivity contribution >= 4 is 17.6 Å². The van der Waals surface area contributed by atoms with Crippen LogP contribution in [0.4, 0.5) is 0 Å². The Morgan fingerprint density at radius 2 is 2.28 bits per heavy atom. The van der Waals surface area contributed by atoms with Crippen molar-refractivity contribution in [2.75, 3.05) is 7.11 Å². The molecule has 1 aromatic carbocycles. The molecule has 0 bridgehead atoms. The molecule has 0 aromatic heterocycles. The van der Waals surface area contributed by atoms with Crippen molar-refractivity contribution in [3.63, 3.8) is 0 Å². The van der Waals surface area contributed by atoms with Crippen LogP contribution in [-0.2, 0) is 16.1 Å². The van der Waals surface area contributed by atoms with Crippen molar-refractivity contribution in [2.45, 2.75) is 20.0 Å². The van der Waals surface area contributed by atoms with Crippen LogP contribution in [0, 0.1) is 17.2 Å². The SMILES string of the molecule is COc1ccc(COC(=O)CC(C)C#N)cc1Cl. The molecule has 0 amide bonds. The van der Waals surface area contributed by atoms with E-state index in [-0.39, 0.29) is 18.9 Å². The zero-order valence-electron chi connectivity index (χ0n) is 10.3. The van der Waals surface area contributed by atoms with Crippen LogP contribution in [0.3, 0.4) is 0 Å². The monoisotopic (exact) mass is 267 g/mol. The second-order valence-corrected chi connectivity index (χ2v) is 4.27. The Hall–Kier alpha value is -1.73. The van der Waals surface area contributed by atoms with Crippen molar-refractivity contribution in [3.8, 4) is 11.8 Å². The predicted molar refractivity (Wildman–Crippen MR) is 67.2 cm³/mol. The third kappa shape index (κ3) is 4.27. The summed E-state index contributed by atoms with van der Waals surface area (Å²) in [4.78, 5) is 11.4. The van der Waals surface area contributed by atoms with Crippen LogP contribution in [0.5, 0.6) is 5.75 Å². The number of benzene rings is 1. The fraction of sp³-hybridized carbons (Fsp3) is 0.385. The van der Waals surface area contributed by atoms with Crippen LogP contribution in [0.2, 0.25) is 5.02 Å². The van der Waals surface area contributed by atoms with Gasteiger partial charge < -0.3 is 9.47 Å². The summed E-state index contributed by atoms with van der Waals surface area (Å²) in [6, 6.07) is 7.14. The predicted octanol–water partition coefficient (Wildman–Crippen LogP) is 2.94. The van der Waals surface area contributed by atoms with Crippen LogP contribution >= 0.6 is 11.6 Å². The first kappa shape index (κ1) is 14.3. The van der Waals surface area contributed by atoms with E-state index in [1.807, 2.05) is 6.07 Å². The first-order valence-corrected chi connectivity index (χ1v) is 5.82. The van der Waals surface area contributed by atoms with Gasteiger partial charge in [0.15, 0.2) is 0 Å². The number of hydrogen-bond donors (Lipinski definition) is 0. The summed E-state index contributed by atoms with van der Waals surface area (Å²) in [6.45, 7) is 1.81. The molecule has 4 nitrogen and oxygen atoms in total. The van der Waals surface area contributed by atoms with Gasteiger partial charge in [0, 0.05) is 0 Å². The first-order valence-electron chi connectivity index (χ1n) is 5.44. The standard InChI is InChI=1S/C13H14ClNO3/c1-9(7-15)5-13(16)18-8-10-3-4-12(17-2)11(14)6-10/h3-4,6,9H,5,8H2,1-2H3. The summed E-state index contributed by atoms with van der Waals surface area (Å²) < 4.78 is 10.1. The number of rotatable bonds is 5. The zero-order chi connectivity index (χ0) is 13.5. The van der Waals surface area contributed by atoms with Crippen molar-refractivity contribution < 1.29 is 14.3 Å². The molecule has 0 fully saturated rings. The summed E-state index contributed by atoms with van der Waals surface area (Å²) in [5.74, 6) is -0.155. The van der Waals surface area contributed by atoms with Crippen LogP contribution in [0.25, 0.3) is 0 Å². The molecule has 0 aliphatic heterocycles. The minimum absolute atomic E-state index is 0.0976. The number of nitrogens with zero attached hydrogens (tertiary/aromatic N) is 1. The maximum atomic E-state index is 11.4. The quantitative estimate of drug-likeness (QED) is 0.770. The van der Waals surface area contributed by atoms with E-state index in [4.69, 9.17) is 26.3 Å². The summed E-state index contributed by atoms with van der Waals surface area (Å²) in [7, 11) is 1.53. The summed E-state index contributed by atoms with van der Waals surface area (Å²) in [5.41, 5.74) is 0.777. The Morgan fingerprint density at radius 1 is 1.56 bits per heavy atom. The van der Waals surface area contributed by atoms with E-state index in [0.717, 1.165) is 5.56 Å². The molecule has 0 radical (unpaired) electrons. The van der Waals surface area contributed by atoms with Gasteiger partial charge in [-0.2, -0.15) is 5.26 Å². The molecule has 1 rings (SSSR count). The minimum atomic E-state index is -0.393. The summed E-state index contributed by atoms with van der Waals surface area (Å²) in [6.07, 6.45) is 0.0976. The van der Waals surface area contributed by atoms with E-state index in [9.17, 15) is 4.79 Å². The van der Waals surface area contributed by atoms with Crippen molar-refractivity contribution in [1.82, 2.24) is 0 Å². The van der Waals surface area contributed by atoms with E-state index in [1.165, 1.54) is 7.11 Å². The van der Waals surface area contributed by atoms with E-state index in [0.29, 0.717) is 10.8 Å². The number of methoxy groups -OCH3 is 1. The van der Waals surface area contributed by atoms with Crippen LogP contribution in [0.15, 0.2) is 18.2 Å². The third-order valence-electron chi connectivity index (χ3n) is 2.31. The molecule has 5 heteroatoms. The second kappa shape index (κ2) is 6.87. The Labute approximate surface area is 111 Å². The normalized spacial score (nSPS) is 11.4. The lowest BCUT2D eigenvalue weighted by atomic mass is 10.1. The number of ether oxygens (including phenoxy) is 2. The number of nitriles is 1. The van der Waals surface area contributed by atoms with Gasteiger partial charge in [0.25, 0.3) is 0 Å². The minimum Gasteiger partial charge on any atom is -0.495 e. The Morgan fingerprint density at radius 3 is 2.83 bits per heavy atom. The lowest BCUT2D eigenvalue weighted by Crippen LogP contribution is -2.08. The molecule has 1 unspecified atom stereocenters. The van der Waals surface area contributed by atoms with Gasteiger partial charge in [0.1, 0.15) is 12.4 Å². The molecule has 96 valence electrons. The molecule has 0 saturated heterocycles. The average Bonchev–Trinajstić information content (AvgIpc) is 2.36. The first-order chi connectivity index (χ1) is 8.56. The highest BCUT2D eigenvalue weighted by Crippen LogP contribution is 2.25. The lowest BCUT2D eigenvalue weighted by Gasteiger charge is -2.08. The molecule has 0 N–H and O–H groups in total. The zero-order valence-corrected chi connectivity index (χ0v) is 11.0. The van der Waals surface area contributed by atoms with Gasteiger partial charge in [-0.1, -0.05) is 17.7 Å². The topological polar surface area (TPSA) is 59.3 Å². The smallest absolute Gasteiger partial charge is 0.307 e. The fourth-order valence-corrected chi connectivity index (χ4v) is 1.60. The largest absolute Gasteiger partial charge is 0.495 e. The number of halogens is 1. The third-order valence-corrected chi connectivity index (χ3v) is 2.60. The van der Waals surface area contributed by atoms with E-state index in [1.54, 1.807) is 25.1 Å². The van der Waals surface area contributed by atoms with E-state index in [2.05, 4.69) is 0 Å². The van der Waals surface area contributed by atoms with Gasteiger partial charge >= 0.3 is 5.97 Å². The van der Waals surface area contributed by atoms with Gasteiger partial charge in [0.2, 0.25) is 0 Å². The highest BCUT2D eigenvalue weighted by atomic mass is 35.5. The van der Waals surface area contributed by atoms with Gasteiger partial charge in [-0.15, -0.1) is 0 Å². The lowest BCUT2D eigenvalue weighted by molar-refractivity contribution is -0.145. The van der Waals surface area contributed by atoms with Crippen LogP contribution in [-0.4, -0.2) is 13.1 Å². The Bertz CT molecular complexity index is 468. The fourth-order valence-electron chi connectivity index (χ4n) is 1.32. The van der Waals surface area contributed by atoms with Gasteiger partial charge in [0.05, 0.1) is 30.5 Å². The molecule has 1 atom stereocenters. The van der Waals surface area contributed by atoms with E-state index >= 15 is 0 Å². The highest BCUT2D eigenvalue weighted by molar-refractivity contribution is 6.32. The number of hydrogen-bond acceptors (Lipinski definition) is 4. The van der Waals surface area contributed by atoms with Crippen molar-refractivity contribution in [1.29, 1.82) is 5.26 Å². The average molecular weight is 268 g/mol. The Balaban J connectivity index is 2.51. The second-order valence-electron chi connectivity index (χ2n) is 3.86. The van der Waals surface area contributed by atoms with Gasteiger partial charge in [-0.25, -0.2) is 0 Å². The molecule has 0 heterocycles. The van der Waals surface area contributed by atoms with E-state index < -0.39 is 5.97 Å². The maximum Gasteiger partial charge on any atom is 0.307 e. The number of carbonyl (C=O) groups excluding carboxylic acids is 1. The van der Waals surface area contributed by atoms with Gasteiger partial charge in [-0.3, -0.25) is 4.79 Å². The molecule has 0 spiro atoms. The van der Waals surface area contributed by atoms with Crippen LogP contribution in [0.1, 0.15) is 18.9 Å². The molecular weight excluding hydrogens is 254 g/mol. The summed E-state index contributed by atoms with van der Waals surface area (Å²) >= 11 is 5.94. The molecule has 0 aliphatic rings. The molecule has 0 saturated carbocycles. The summed E-state index contributed by atoms with van der Waals surface area (Å²) in [5, 5.41) is 9.04. The highest BCUT2D eigenvalue weighted by Gasteiger charge is 2.10. The van der Waals surface area contributed by atoms with Crippen molar-refractivity contribution in [3.05, 3.63) is 28.8 Å². The van der Waals surface area contributed by atoms with Crippen molar-refractivity contribution in [2.24, 2.45) is 5.92 Å².